The Morgan fingerprint density at radius 3 is 2.35 bits per heavy atom. The Morgan fingerprint density at radius 1 is 1.29 bits per heavy atom. The average molecular weight is 237 g/mol. The summed E-state index contributed by atoms with van der Waals surface area (Å²) in [6, 6.07) is 0.448. The highest BCUT2D eigenvalue weighted by Gasteiger charge is 2.20. The summed E-state index contributed by atoms with van der Waals surface area (Å²) in [4.78, 5) is 4.54. The first kappa shape index (κ1) is 14.1. The third-order valence-corrected chi connectivity index (χ3v) is 3.45. The number of nitrogens with one attached hydrogen (secondary N) is 1. The molecule has 0 saturated carbocycles. The number of aryl methyl sites for hydroxylation is 1. The standard InChI is InChI=1S/C14H27N3/c1-10(2)17-9-12(4)16-13(17)15-8-11(3)14(5,6)7/h9-11H,8H2,1-7H3,(H,15,16). The molecular weight excluding hydrogens is 210 g/mol. The van der Waals surface area contributed by atoms with Crippen molar-refractivity contribution in [3.63, 3.8) is 0 Å². The van der Waals surface area contributed by atoms with Gasteiger partial charge in [-0.2, -0.15) is 0 Å². The van der Waals surface area contributed by atoms with Crippen LogP contribution in [0.2, 0.25) is 0 Å². The topological polar surface area (TPSA) is 29.9 Å². The summed E-state index contributed by atoms with van der Waals surface area (Å²) in [6.45, 7) is 16.5. The molecule has 1 aromatic heterocycles. The second kappa shape index (κ2) is 5.11. The van der Waals surface area contributed by atoms with E-state index in [1.165, 1.54) is 0 Å². The summed E-state index contributed by atoms with van der Waals surface area (Å²) in [7, 11) is 0. The van der Waals surface area contributed by atoms with E-state index in [0.29, 0.717) is 17.4 Å². The molecule has 1 rings (SSSR count). The quantitative estimate of drug-likeness (QED) is 0.861. The minimum atomic E-state index is 0.331. The maximum absolute atomic E-state index is 4.54. The van der Waals surface area contributed by atoms with Gasteiger partial charge in [-0.25, -0.2) is 4.98 Å². The minimum absolute atomic E-state index is 0.331. The fraction of sp³-hybridized carbons (Fsp3) is 0.786. The summed E-state index contributed by atoms with van der Waals surface area (Å²) in [5.74, 6) is 1.61. The predicted octanol–water partition coefficient (Wildman–Crippen LogP) is 3.87. The van der Waals surface area contributed by atoms with Gasteiger partial charge in [0.15, 0.2) is 0 Å². The van der Waals surface area contributed by atoms with Crippen LogP contribution >= 0.6 is 0 Å². The van der Waals surface area contributed by atoms with Crippen molar-refractivity contribution in [3.8, 4) is 0 Å². The fourth-order valence-electron chi connectivity index (χ4n) is 1.59. The monoisotopic (exact) mass is 237 g/mol. The van der Waals surface area contributed by atoms with Crippen molar-refractivity contribution in [2.75, 3.05) is 11.9 Å². The van der Waals surface area contributed by atoms with Gasteiger partial charge < -0.3 is 9.88 Å². The van der Waals surface area contributed by atoms with Gasteiger partial charge in [0.1, 0.15) is 0 Å². The van der Waals surface area contributed by atoms with Gasteiger partial charge in [0.05, 0.1) is 5.69 Å². The first-order valence-electron chi connectivity index (χ1n) is 6.51. The summed E-state index contributed by atoms with van der Waals surface area (Å²) < 4.78 is 2.20. The smallest absolute Gasteiger partial charge is 0.203 e. The first-order valence-corrected chi connectivity index (χ1v) is 6.51. The van der Waals surface area contributed by atoms with Gasteiger partial charge >= 0.3 is 0 Å². The Hall–Kier alpha value is -0.990. The molecule has 0 fully saturated rings. The molecule has 3 nitrogen and oxygen atoms in total. The van der Waals surface area contributed by atoms with Crippen molar-refractivity contribution < 1.29 is 0 Å². The molecule has 1 aromatic rings. The number of hydrogen-bond acceptors (Lipinski definition) is 2. The van der Waals surface area contributed by atoms with Crippen molar-refractivity contribution in [2.24, 2.45) is 11.3 Å². The van der Waals surface area contributed by atoms with E-state index in [9.17, 15) is 0 Å². The van der Waals surface area contributed by atoms with Crippen molar-refractivity contribution in [1.29, 1.82) is 0 Å². The lowest BCUT2D eigenvalue weighted by Crippen LogP contribution is -2.25. The molecule has 0 amide bonds. The number of aromatic nitrogens is 2. The molecule has 98 valence electrons. The second-order valence-electron chi connectivity index (χ2n) is 6.35. The summed E-state index contributed by atoms with van der Waals surface area (Å²) in [6.07, 6.45) is 2.11. The SMILES string of the molecule is Cc1cn(C(C)C)c(NCC(C)C(C)(C)C)n1. The molecule has 0 spiro atoms. The van der Waals surface area contributed by atoms with E-state index in [2.05, 4.69) is 62.6 Å². The van der Waals surface area contributed by atoms with Gasteiger partial charge in [0, 0.05) is 18.8 Å². The maximum Gasteiger partial charge on any atom is 0.203 e. The Morgan fingerprint density at radius 2 is 1.88 bits per heavy atom. The largest absolute Gasteiger partial charge is 0.355 e. The van der Waals surface area contributed by atoms with E-state index in [-0.39, 0.29) is 0 Å². The molecule has 0 aliphatic carbocycles. The Bertz CT molecular complexity index is 358. The van der Waals surface area contributed by atoms with Crippen molar-refractivity contribution >= 4 is 5.95 Å². The highest BCUT2D eigenvalue weighted by atomic mass is 15.2. The fourth-order valence-corrected chi connectivity index (χ4v) is 1.59. The number of imidazole rings is 1. The van der Waals surface area contributed by atoms with Gasteiger partial charge in [0.25, 0.3) is 0 Å². The minimum Gasteiger partial charge on any atom is -0.355 e. The van der Waals surface area contributed by atoms with Crippen molar-refractivity contribution in [3.05, 3.63) is 11.9 Å². The first-order chi connectivity index (χ1) is 7.71. The van der Waals surface area contributed by atoms with Gasteiger partial charge in [-0.1, -0.05) is 27.7 Å². The van der Waals surface area contributed by atoms with Crippen LogP contribution in [-0.2, 0) is 0 Å². The van der Waals surface area contributed by atoms with E-state index in [1.807, 2.05) is 6.92 Å². The van der Waals surface area contributed by atoms with E-state index in [4.69, 9.17) is 0 Å². The molecule has 0 aliphatic heterocycles. The Kier molecular flexibility index (Phi) is 4.23. The lowest BCUT2D eigenvalue weighted by Gasteiger charge is -2.27. The lowest BCUT2D eigenvalue weighted by molar-refractivity contribution is 0.274. The zero-order valence-electron chi connectivity index (χ0n) is 12.3. The normalized spacial score (nSPS) is 14.1. The molecule has 3 heteroatoms. The zero-order valence-corrected chi connectivity index (χ0v) is 12.3. The van der Waals surface area contributed by atoms with Crippen molar-refractivity contribution in [1.82, 2.24) is 9.55 Å². The summed E-state index contributed by atoms with van der Waals surface area (Å²) >= 11 is 0. The number of hydrogen-bond donors (Lipinski definition) is 1. The Balaban J connectivity index is 2.69. The van der Waals surface area contributed by atoms with Crippen LogP contribution in [0.1, 0.15) is 53.3 Å². The van der Waals surface area contributed by atoms with Crippen LogP contribution in [0, 0.1) is 18.3 Å². The second-order valence-corrected chi connectivity index (χ2v) is 6.35. The van der Waals surface area contributed by atoms with E-state index in [0.717, 1.165) is 18.2 Å². The van der Waals surface area contributed by atoms with E-state index >= 15 is 0 Å². The number of anilines is 1. The molecule has 17 heavy (non-hydrogen) atoms. The van der Waals surface area contributed by atoms with Crippen LogP contribution in [0.15, 0.2) is 6.20 Å². The third-order valence-electron chi connectivity index (χ3n) is 3.45. The molecule has 0 aliphatic rings. The molecule has 0 radical (unpaired) electrons. The lowest BCUT2D eigenvalue weighted by atomic mass is 9.82. The van der Waals surface area contributed by atoms with Gasteiger partial charge in [-0.05, 0) is 32.1 Å². The molecule has 1 heterocycles. The summed E-state index contributed by atoms with van der Waals surface area (Å²) in [5, 5.41) is 3.47. The molecule has 0 saturated heterocycles. The highest BCUT2D eigenvalue weighted by molar-refractivity contribution is 5.29. The van der Waals surface area contributed by atoms with E-state index < -0.39 is 0 Å². The van der Waals surface area contributed by atoms with Gasteiger partial charge in [-0.3, -0.25) is 0 Å². The van der Waals surface area contributed by atoms with Crippen LogP contribution < -0.4 is 5.32 Å². The van der Waals surface area contributed by atoms with Crippen LogP contribution in [0.5, 0.6) is 0 Å². The number of nitrogens with zero attached hydrogens (tertiary/aromatic N) is 2. The third kappa shape index (κ3) is 3.76. The molecule has 1 unspecified atom stereocenters. The van der Waals surface area contributed by atoms with Gasteiger partial charge in [0.2, 0.25) is 5.95 Å². The maximum atomic E-state index is 4.54. The zero-order chi connectivity index (χ0) is 13.2. The molecule has 1 N–H and O–H groups in total. The Labute approximate surface area is 106 Å². The molecule has 1 atom stereocenters. The summed E-state index contributed by atoms with van der Waals surface area (Å²) in [5.41, 5.74) is 1.40. The van der Waals surface area contributed by atoms with Crippen LogP contribution in [0.4, 0.5) is 5.95 Å². The van der Waals surface area contributed by atoms with Crippen LogP contribution in [-0.4, -0.2) is 16.1 Å². The van der Waals surface area contributed by atoms with Crippen molar-refractivity contribution in [2.45, 2.75) is 54.5 Å². The number of rotatable bonds is 4. The van der Waals surface area contributed by atoms with Gasteiger partial charge in [-0.15, -0.1) is 0 Å². The van der Waals surface area contributed by atoms with E-state index in [1.54, 1.807) is 0 Å². The molecule has 0 aromatic carbocycles. The highest BCUT2D eigenvalue weighted by Crippen LogP contribution is 2.25. The van der Waals surface area contributed by atoms with Crippen LogP contribution in [0.3, 0.4) is 0 Å². The average Bonchev–Trinajstić information content (AvgIpc) is 2.54. The molecular formula is C14H27N3. The van der Waals surface area contributed by atoms with Crippen LogP contribution in [0.25, 0.3) is 0 Å². The predicted molar refractivity (Wildman–Crippen MR) is 74.5 cm³/mol. The molecule has 0 bridgehead atoms.